The van der Waals surface area contributed by atoms with Crippen LogP contribution in [-0.4, -0.2) is 40.9 Å². The first-order valence-corrected chi connectivity index (χ1v) is 12.6. The van der Waals surface area contributed by atoms with Crippen molar-refractivity contribution in [2.75, 3.05) is 35.3 Å². The van der Waals surface area contributed by atoms with E-state index < -0.39 is 10.2 Å². The Morgan fingerprint density at radius 1 is 1.16 bits per heavy atom. The van der Waals surface area contributed by atoms with Crippen LogP contribution in [-0.2, 0) is 23.1 Å². The lowest BCUT2D eigenvalue weighted by atomic mass is 9.96. The van der Waals surface area contributed by atoms with E-state index in [0.717, 1.165) is 67.0 Å². The Morgan fingerprint density at radius 2 is 1.97 bits per heavy atom. The zero-order valence-electron chi connectivity index (χ0n) is 17.7. The molecule has 2 aliphatic rings. The van der Waals surface area contributed by atoms with Crippen LogP contribution < -0.4 is 13.9 Å². The second-order valence-electron chi connectivity index (χ2n) is 8.13. The van der Waals surface area contributed by atoms with E-state index in [1.54, 1.807) is 13.1 Å². The molecule has 0 radical (unpaired) electrons. The number of hydrogen-bond donors (Lipinski definition) is 1. The number of carbonyl (C=O) groups excluding carboxylic acids is 1. The molecule has 6 nitrogen and oxygen atoms in total. The van der Waals surface area contributed by atoms with Crippen molar-refractivity contribution in [3.05, 3.63) is 58.1 Å². The van der Waals surface area contributed by atoms with E-state index in [1.165, 1.54) is 8.61 Å². The highest BCUT2D eigenvalue weighted by Crippen LogP contribution is 2.46. The second kappa shape index (κ2) is 9.18. The van der Waals surface area contributed by atoms with E-state index in [0.29, 0.717) is 24.2 Å². The quantitative estimate of drug-likeness (QED) is 0.453. The number of Topliss-reactive ketones (excluding diaryl/α,β-unsaturated/α-hetero) is 1. The van der Waals surface area contributed by atoms with Gasteiger partial charge in [0.25, 0.3) is 0 Å². The Bertz CT molecular complexity index is 1090. The zero-order valence-corrected chi connectivity index (χ0v) is 19.3. The van der Waals surface area contributed by atoms with Gasteiger partial charge in [-0.2, -0.15) is 8.42 Å². The van der Waals surface area contributed by atoms with Crippen molar-refractivity contribution < 1.29 is 13.2 Å². The van der Waals surface area contributed by atoms with Crippen molar-refractivity contribution in [1.29, 1.82) is 0 Å². The molecule has 0 saturated heterocycles. The topological polar surface area (TPSA) is 69.7 Å². The smallest absolute Gasteiger partial charge is 0.316 e. The Labute approximate surface area is 189 Å². The minimum Gasteiger partial charge on any atom is -0.316 e. The van der Waals surface area contributed by atoms with Gasteiger partial charge in [-0.05, 0) is 74.5 Å². The van der Waals surface area contributed by atoms with Gasteiger partial charge in [-0.15, -0.1) is 0 Å². The van der Waals surface area contributed by atoms with E-state index in [-0.39, 0.29) is 5.78 Å². The molecule has 0 aliphatic carbocycles. The molecule has 2 heterocycles. The van der Waals surface area contributed by atoms with Gasteiger partial charge in [0.2, 0.25) is 0 Å². The first kappa shape index (κ1) is 22.1. The predicted molar refractivity (Wildman–Crippen MR) is 126 cm³/mol. The SMILES string of the molecule is CN1c2cc(C(=O)CCCCNCCc3ccccc3Cl)cc3c2N(CCC3)S1(=O)=O. The van der Waals surface area contributed by atoms with Crippen LogP contribution >= 0.6 is 11.6 Å². The van der Waals surface area contributed by atoms with Gasteiger partial charge >= 0.3 is 10.2 Å². The molecule has 1 N–H and O–H groups in total. The van der Waals surface area contributed by atoms with Crippen molar-refractivity contribution in [1.82, 2.24) is 5.32 Å². The average molecular weight is 462 g/mol. The van der Waals surface area contributed by atoms with Crippen LogP contribution in [0.2, 0.25) is 5.02 Å². The maximum Gasteiger partial charge on any atom is 0.326 e. The summed E-state index contributed by atoms with van der Waals surface area (Å²) in [5.74, 6) is 0.0740. The van der Waals surface area contributed by atoms with Crippen LogP contribution in [0.3, 0.4) is 0 Å². The highest BCUT2D eigenvalue weighted by atomic mass is 35.5. The van der Waals surface area contributed by atoms with Crippen molar-refractivity contribution in [2.45, 2.75) is 38.5 Å². The number of rotatable bonds is 9. The normalized spacial score (nSPS) is 16.5. The fourth-order valence-electron chi connectivity index (χ4n) is 4.31. The van der Waals surface area contributed by atoms with E-state index >= 15 is 0 Å². The van der Waals surface area contributed by atoms with E-state index in [1.807, 2.05) is 30.3 Å². The Morgan fingerprint density at radius 3 is 2.77 bits per heavy atom. The number of ketones is 1. The van der Waals surface area contributed by atoms with Gasteiger partial charge in [0.15, 0.2) is 5.78 Å². The molecule has 166 valence electrons. The summed E-state index contributed by atoms with van der Waals surface area (Å²) in [6, 6.07) is 11.5. The van der Waals surface area contributed by atoms with Crippen molar-refractivity contribution in [3.8, 4) is 0 Å². The average Bonchev–Trinajstić information content (AvgIpc) is 2.96. The lowest BCUT2D eigenvalue weighted by Gasteiger charge is -2.24. The molecule has 0 saturated carbocycles. The molecule has 4 rings (SSSR count). The molecule has 0 aromatic heterocycles. The van der Waals surface area contributed by atoms with Crippen LogP contribution in [0, 0.1) is 0 Å². The summed E-state index contributed by atoms with van der Waals surface area (Å²) in [4.78, 5) is 12.8. The van der Waals surface area contributed by atoms with Gasteiger partial charge in [0, 0.05) is 30.6 Å². The van der Waals surface area contributed by atoms with Crippen LogP contribution in [0.4, 0.5) is 11.4 Å². The summed E-state index contributed by atoms with van der Waals surface area (Å²) in [7, 11) is -1.94. The molecule has 0 atom stereocenters. The van der Waals surface area contributed by atoms with E-state index in [9.17, 15) is 13.2 Å². The lowest BCUT2D eigenvalue weighted by molar-refractivity contribution is 0.0979. The second-order valence-corrected chi connectivity index (χ2v) is 10.4. The third-order valence-corrected chi connectivity index (χ3v) is 8.23. The monoisotopic (exact) mass is 461 g/mol. The first-order valence-electron chi connectivity index (χ1n) is 10.8. The molecular weight excluding hydrogens is 434 g/mol. The minimum atomic E-state index is -3.50. The maximum atomic E-state index is 12.8. The highest BCUT2D eigenvalue weighted by Gasteiger charge is 2.41. The first-order chi connectivity index (χ1) is 14.9. The number of nitrogens with zero attached hydrogens (tertiary/aromatic N) is 2. The number of hydrogen-bond acceptors (Lipinski definition) is 4. The third-order valence-electron chi connectivity index (χ3n) is 6.05. The van der Waals surface area contributed by atoms with Crippen LogP contribution in [0.25, 0.3) is 0 Å². The molecule has 0 amide bonds. The predicted octanol–water partition coefficient (Wildman–Crippen LogP) is 3.97. The van der Waals surface area contributed by atoms with Crippen molar-refractivity contribution in [3.63, 3.8) is 0 Å². The molecule has 31 heavy (non-hydrogen) atoms. The number of carbonyl (C=O) groups is 1. The summed E-state index contributed by atoms with van der Waals surface area (Å²) in [5, 5.41) is 4.20. The van der Waals surface area contributed by atoms with Gasteiger partial charge in [-0.1, -0.05) is 29.8 Å². The van der Waals surface area contributed by atoms with Gasteiger partial charge in [-0.25, -0.2) is 0 Å². The summed E-state index contributed by atoms with van der Waals surface area (Å²) in [6.45, 7) is 2.20. The Kier molecular flexibility index (Phi) is 6.55. The highest BCUT2D eigenvalue weighted by molar-refractivity contribution is 7.94. The van der Waals surface area contributed by atoms with Gasteiger partial charge < -0.3 is 5.32 Å². The number of anilines is 2. The molecule has 2 aromatic carbocycles. The van der Waals surface area contributed by atoms with E-state index in [4.69, 9.17) is 11.6 Å². The summed E-state index contributed by atoms with van der Waals surface area (Å²) in [6.07, 6.45) is 4.63. The Hall–Kier alpha value is -2.09. The minimum absolute atomic E-state index is 0.0740. The van der Waals surface area contributed by atoms with Gasteiger partial charge in [-0.3, -0.25) is 13.4 Å². The van der Waals surface area contributed by atoms with E-state index in [2.05, 4.69) is 5.32 Å². The fourth-order valence-corrected chi connectivity index (χ4v) is 6.03. The third kappa shape index (κ3) is 4.45. The van der Waals surface area contributed by atoms with Crippen molar-refractivity contribution in [2.24, 2.45) is 0 Å². The number of nitrogens with one attached hydrogen (secondary N) is 1. The lowest BCUT2D eigenvalue weighted by Crippen LogP contribution is -2.37. The molecular formula is C23H28ClN3O3S. The molecule has 2 aliphatic heterocycles. The Balaban J connectivity index is 1.27. The standard InChI is InChI=1S/C23H28ClN3O3S/c1-26-21-16-19(15-18-8-6-14-27(23(18)21)31(26,29)30)22(28)10-4-5-12-25-13-11-17-7-2-3-9-20(17)24/h2-3,7,9,15-16,25H,4-6,8,10-14H2,1H3. The summed E-state index contributed by atoms with van der Waals surface area (Å²) in [5.41, 5.74) is 4.10. The van der Waals surface area contributed by atoms with Crippen LogP contribution in [0.1, 0.15) is 47.2 Å². The number of aryl methyl sites for hydroxylation is 1. The maximum absolute atomic E-state index is 12.8. The number of unbranched alkanes of at least 4 members (excludes halogenated alkanes) is 1. The van der Waals surface area contributed by atoms with Crippen LogP contribution in [0.5, 0.6) is 0 Å². The molecule has 8 heteroatoms. The molecule has 0 bridgehead atoms. The van der Waals surface area contributed by atoms with Crippen molar-refractivity contribution >= 4 is 39.0 Å². The molecule has 2 aromatic rings. The summed E-state index contributed by atoms with van der Waals surface area (Å²) >= 11 is 6.17. The molecule has 0 unspecified atom stereocenters. The summed E-state index contributed by atoms with van der Waals surface area (Å²) < 4.78 is 28.0. The number of benzene rings is 2. The van der Waals surface area contributed by atoms with Gasteiger partial charge in [0.05, 0.1) is 11.4 Å². The molecule has 0 spiro atoms. The number of halogens is 1. The zero-order chi connectivity index (χ0) is 22.0. The van der Waals surface area contributed by atoms with Gasteiger partial charge in [0.1, 0.15) is 0 Å². The fraction of sp³-hybridized carbons (Fsp3) is 0.435. The molecule has 0 fully saturated rings. The van der Waals surface area contributed by atoms with Crippen LogP contribution in [0.15, 0.2) is 36.4 Å². The largest absolute Gasteiger partial charge is 0.326 e.